The van der Waals surface area contributed by atoms with Crippen molar-refractivity contribution < 1.29 is 9.69 Å². The number of carbonyl (C=O) groups excluding carboxylic acids is 1. The van der Waals surface area contributed by atoms with Crippen LogP contribution in [0.2, 0.25) is 0 Å². The first-order chi connectivity index (χ1) is 9.24. The molecule has 19 heavy (non-hydrogen) atoms. The third-order valence-electron chi connectivity index (χ3n) is 3.59. The minimum atomic E-state index is 0.205. The Labute approximate surface area is 119 Å². The third kappa shape index (κ3) is 3.67. The second kappa shape index (κ2) is 6.87. The van der Waals surface area contributed by atoms with Crippen molar-refractivity contribution in [1.29, 1.82) is 0 Å². The molecular formula is C15H23N2OS+. The summed E-state index contributed by atoms with van der Waals surface area (Å²) in [4.78, 5) is 17.2. The number of piperazine rings is 1. The van der Waals surface area contributed by atoms with Gasteiger partial charge in [-0.05, 0) is 18.6 Å². The molecule has 0 radical (unpaired) electrons. The first kappa shape index (κ1) is 14.3. The van der Waals surface area contributed by atoms with Gasteiger partial charge in [0.15, 0.2) is 0 Å². The Kier molecular flexibility index (Phi) is 5.16. The van der Waals surface area contributed by atoms with E-state index in [4.69, 9.17) is 0 Å². The van der Waals surface area contributed by atoms with Crippen molar-refractivity contribution in [2.45, 2.75) is 19.8 Å². The van der Waals surface area contributed by atoms with Crippen LogP contribution in [-0.4, -0.2) is 43.5 Å². The Morgan fingerprint density at radius 1 is 1.53 bits per heavy atom. The SMILES string of the molecule is C=CC[NH+]1CCN(C(=O)c2csc(CCC)c2)CC1. The fraction of sp³-hybridized carbons (Fsp3) is 0.533. The van der Waals surface area contributed by atoms with Gasteiger partial charge in [0.2, 0.25) is 0 Å². The van der Waals surface area contributed by atoms with Crippen LogP contribution in [0.15, 0.2) is 24.1 Å². The number of nitrogens with one attached hydrogen (secondary N) is 1. The van der Waals surface area contributed by atoms with Crippen molar-refractivity contribution in [2.75, 3.05) is 32.7 Å². The largest absolute Gasteiger partial charge is 0.329 e. The lowest BCUT2D eigenvalue weighted by Crippen LogP contribution is -3.14. The van der Waals surface area contributed by atoms with Crippen LogP contribution in [0.3, 0.4) is 0 Å². The quantitative estimate of drug-likeness (QED) is 0.806. The molecule has 0 aliphatic carbocycles. The summed E-state index contributed by atoms with van der Waals surface area (Å²) in [5.74, 6) is 0.205. The summed E-state index contributed by atoms with van der Waals surface area (Å²) in [7, 11) is 0. The molecule has 2 rings (SSSR count). The van der Waals surface area contributed by atoms with Crippen molar-refractivity contribution in [1.82, 2.24) is 4.90 Å². The molecule has 0 aromatic carbocycles. The smallest absolute Gasteiger partial charge is 0.255 e. The molecule has 1 N–H and O–H groups in total. The predicted octanol–water partition coefficient (Wildman–Crippen LogP) is 1.23. The molecule has 104 valence electrons. The highest BCUT2D eigenvalue weighted by molar-refractivity contribution is 7.10. The topological polar surface area (TPSA) is 24.8 Å². The van der Waals surface area contributed by atoms with Crippen molar-refractivity contribution in [2.24, 2.45) is 0 Å². The van der Waals surface area contributed by atoms with Gasteiger partial charge < -0.3 is 9.80 Å². The molecule has 0 saturated carbocycles. The van der Waals surface area contributed by atoms with Crippen LogP contribution in [0.5, 0.6) is 0 Å². The molecule has 0 unspecified atom stereocenters. The second-order valence-corrected chi connectivity index (χ2v) is 6.08. The van der Waals surface area contributed by atoms with E-state index in [-0.39, 0.29) is 5.91 Å². The zero-order chi connectivity index (χ0) is 13.7. The van der Waals surface area contributed by atoms with E-state index in [1.54, 1.807) is 11.3 Å². The average Bonchev–Trinajstić information content (AvgIpc) is 2.88. The molecule has 1 aromatic rings. The molecule has 4 heteroatoms. The summed E-state index contributed by atoms with van der Waals surface area (Å²) < 4.78 is 0. The van der Waals surface area contributed by atoms with Gasteiger partial charge in [-0.25, -0.2) is 0 Å². The van der Waals surface area contributed by atoms with E-state index in [0.717, 1.165) is 51.1 Å². The highest BCUT2D eigenvalue weighted by Crippen LogP contribution is 2.18. The average molecular weight is 279 g/mol. The fourth-order valence-corrected chi connectivity index (χ4v) is 3.45. The van der Waals surface area contributed by atoms with Gasteiger partial charge in [-0.2, -0.15) is 0 Å². The molecule has 3 nitrogen and oxygen atoms in total. The molecule has 1 fully saturated rings. The van der Waals surface area contributed by atoms with Crippen LogP contribution in [-0.2, 0) is 6.42 Å². The minimum Gasteiger partial charge on any atom is -0.329 e. The highest BCUT2D eigenvalue weighted by atomic mass is 32.1. The molecule has 0 atom stereocenters. The maximum absolute atomic E-state index is 12.4. The number of quaternary nitrogens is 1. The van der Waals surface area contributed by atoms with Gasteiger partial charge in [-0.1, -0.05) is 19.9 Å². The number of hydrogen-bond donors (Lipinski definition) is 1. The lowest BCUT2D eigenvalue weighted by Gasteiger charge is -2.31. The summed E-state index contributed by atoms with van der Waals surface area (Å²) in [5.41, 5.74) is 0.876. The number of hydrogen-bond acceptors (Lipinski definition) is 2. The second-order valence-electron chi connectivity index (χ2n) is 5.09. The molecule has 0 spiro atoms. The van der Waals surface area contributed by atoms with E-state index < -0.39 is 0 Å². The van der Waals surface area contributed by atoms with Crippen molar-refractivity contribution in [3.63, 3.8) is 0 Å². The van der Waals surface area contributed by atoms with Gasteiger partial charge in [-0.3, -0.25) is 4.79 Å². The number of nitrogens with zero attached hydrogens (tertiary/aromatic N) is 1. The zero-order valence-corrected chi connectivity index (χ0v) is 12.5. The molecular weight excluding hydrogens is 256 g/mol. The molecule has 1 aliphatic rings. The summed E-state index contributed by atoms with van der Waals surface area (Å²) in [6.07, 6.45) is 4.18. The fourth-order valence-electron chi connectivity index (χ4n) is 2.49. The summed E-state index contributed by atoms with van der Waals surface area (Å²) in [6.45, 7) is 10.7. The highest BCUT2D eigenvalue weighted by Gasteiger charge is 2.24. The van der Waals surface area contributed by atoms with Gasteiger partial charge in [-0.15, -0.1) is 11.3 Å². The van der Waals surface area contributed by atoms with Crippen LogP contribution in [0.1, 0.15) is 28.6 Å². The third-order valence-corrected chi connectivity index (χ3v) is 4.58. The van der Waals surface area contributed by atoms with E-state index in [9.17, 15) is 4.79 Å². The number of thiophene rings is 1. The molecule has 1 aliphatic heterocycles. The van der Waals surface area contributed by atoms with Gasteiger partial charge in [0.25, 0.3) is 5.91 Å². The standard InChI is InChI=1S/C15H22N2OS/c1-3-5-14-11-13(12-19-14)15(18)17-9-7-16(6-4-2)8-10-17/h4,11-12H,2-3,5-10H2,1H3/p+1. The number of rotatable bonds is 5. The van der Waals surface area contributed by atoms with Crippen LogP contribution in [0.25, 0.3) is 0 Å². The normalized spacial score (nSPS) is 16.6. The summed E-state index contributed by atoms with van der Waals surface area (Å²) >= 11 is 1.71. The van der Waals surface area contributed by atoms with E-state index >= 15 is 0 Å². The number of carbonyl (C=O) groups is 1. The molecule has 0 bridgehead atoms. The Hall–Kier alpha value is -1.13. The summed E-state index contributed by atoms with van der Waals surface area (Å²) in [6, 6.07) is 2.07. The Balaban J connectivity index is 1.91. The van der Waals surface area contributed by atoms with Gasteiger partial charge in [0, 0.05) is 10.3 Å². The molecule has 1 aromatic heterocycles. The molecule has 2 heterocycles. The Morgan fingerprint density at radius 2 is 2.26 bits per heavy atom. The van der Waals surface area contributed by atoms with Crippen molar-refractivity contribution in [3.8, 4) is 0 Å². The monoisotopic (exact) mass is 279 g/mol. The van der Waals surface area contributed by atoms with Gasteiger partial charge in [0.05, 0.1) is 38.3 Å². The van der Waals surface area contributed by atoms with E-state index in [1.165, 1.54) is 9.78 Å². The van der Waals surface area contributed by atoms with Crippen LogP contribution < -0.4 is 4.90 Å². The maximum Gasteiger partial charge on any atom is 0.255 e. The Morgan fingerprint density at radius 3 is 2.89 bits per heavy atom. The molecule has 1 saturated heterocycles. The van der Waals surface area contributed by atoms with Crippen LogP contribution >= 0.6 is 11.3 Å². The first-order valence-corrected chi connectivity index (χ1v) is 7.93. The first-order valence-electron chi connectivity index (χ1n) is 7.05. The number of amides is 1. The van der Waals surface area contributed by atoms with Crippen molar-refractivity contribution >= 4 is 17.2 Å². The van der Waals surface area contributed by atoms with Crippen molar-refractivity contribution in [3.05, 3.63) is 34.5 Å². The number of aryl methyl sites for hydroxylation is 1. The molecule has 1 amide bonds. The van der Waals surface area contributed by atoms with E-state index in [2.05, 4.69) is 19.6 Å². The zero-order valence-electron chi connectivity index (χ0n) is 11.7. The van der Waals surface area contributed by atoms with E-state index in [1.807, 2.05) is 16.4 Å². The van der Waals surface area contributed by atoms with Gasteiger partial charge in [0.1, 0.15) is 0 Å². The maximum atomic E-state index is 12.4. The van der Waals surface area contributed by atoms with E-state index in [0.29, 0.717) is 0 Å². The minimum absolute atomic E-state index is 0.205. The lowest BCUT2D eigenvalue weighted by atomic mass is 10.2. The van der Waals surface area contributed by atoms with Crippen LogP contribution in [0, 0.1) is 0 Å². The Bertz CT molecular complexity index is 433. The lowest BCUT2D eigenvalue weighted by molar-refractivity contribution is -0.898. The van der Waals surface area contributed by atoms with Crippen LogP contribution in [0.4, 0.5) is 0 Å². The summed E-state index contributed by atoms with van der Waals surface area (Å²) in [5, 5.41) is 2.01. The predicted molar refractivity (Wildman–Crippen MR) is 80.0 cm³/mol. The van der Waals surface area contributed by atoms with Gasteiger partial charge >= 0.3 is 0 Å².